The molecule has 2 aromatic carbocycles. The predicted molar refractivity (Wildman–Crippen MR) is 120 cm³/mol. The standard InChI is InChI=1S/C26H26O6/c1-17-3-7-19(8-4-17)11-13-23(27)31-21-15-29-26-22(16-30-25(21)26)32-24(28)14-12-20-9-5-18(2)6-10-20/h3-14,21-22,25-26H,15-16H2,1-2H3/b13-11-,14-12+/t21-,22?,25?,26?/m1/s1. The van der Waals surface area contributed by atoms with Gasteiger partial charge in [0.05, 0.1) is 13.2 Å². The van der Waals surface area contributed by atoms with E-state index in [-0.39, 0.29) is 13.2 Å². The first-order valence-electron chi connectivity index (χ1n) is 10.6. The van der Waals surface area contributed by atoms with Gasteiger partial charge in [-0.25, -0.2) is 9.59 Å². The molecule has 0 saturated carbocycles. The summed E-state index contributed by atoms with van der Waals surface area (Å²) in [4.78, 5) is 24.4. The van der Waals surface area contributed by atoms with Crippen LogP contribution in [0.15, 0.2) is 60.7 Å². The second kappa shape index (κ2) is 9.94. The van der Waals surface area contributed by atoms with Crippen LogP contribution in [0.5, 0.6) is 0 Å². The van der Waals surface area contributed by atoms with Gasteiger partial charge in [-0.05, 0) is 37.1 Å². The number of aryl methyl sites for hydroxylation is 2. The molecule has 4 rings (SSSR count). The van der Waals surface area contributed by atoms with Gasteiger partial charge in [-0.15, -0.1) is 0 Å². The molecule has 32 heavy (non-hydrogen) atoms. The van der Waals surface area contributed by atoms with Gasteiger partial charge >= 0.3 is 11.9 Å². The van der Waals surface area contributed by atoms with Crippen molar-refractivity contribution in [3.05, 3.63) is 82.9 Å². The van der Waals surface area contributed by atoms with E-state index < -0.39 is 36.4 Å². The number of benzene rings is 2. The van der Waals surface area contributed by atoms with E-state index in [1.165, 1.54) is 12.2 Å². The molecule has 6 nitrogen and oxygen atoms in total. The Morgan fingerprint density at radius 3 is 1.47 bits per heavy atom. The van der Waals surface area contributed by atoms with Gasteiger partial charge in [0, 0.05) is 12.2 Å². The molecule has 0 spiro atoms. The number of hydrogen-bond donors (Lipinski definition) is 0. The first kappa shape index (κ1) is 22.0. The molecule has 2 fully saturated rings. The second-order valence-electron chi connectivity index (χ2n) is 8.03. The van der Waals surface area contributed by atoms with Gasteiger partial charge in [0.1, 0.15) is 12.2 Å². The van der Waals surface area contributed by atoms with Crippen LogP contribution < -0.4 is 0 Å². The molecule has 4 atom stereocenters. The number of esters is 2. The largest absolute Gasteiger partial charge is 0.454 e. The maximum atomic E-state index is 12.2. The summed E-state index contributed by atoms with van der Waals surface area (Å²) in [7, 11) is 0. The SMILES string of the molecule is Cc1ccc(/C=C\C(=O)O[C@@H]2COC3C(OC(=O)/C=C/c4ccc(C)cc4)COC32)cc1. The molecule has 166 valence electrons. The van der Waals surface area contributed by atoms with Crippen molar-refractivity contribution in [2.75, 3.05) is 13.2 Å². The lowest BCUT2D eigenvalue weighted by Gasteiger charge is -2.16. The van der Waals surface area contributed by atoms with Crippen LogP contribution in [0.25, 0.3) is 12.2 Å². The van der Waals surface area contributed by atoms with E-state index in [0.29, 0.717) is 0 Å². The first-order valence-corrected chi connectivity index (χ1v) is 10.6. The summed E-state index contributed by atoms with van der Waals surface area (Å²) in [6.45, 7) is 4.41. The van der Waals surface area contributed by atoms with Crippen molar-refractivity contribution >= 4 is 24.1 Å². The third-order valence-electron chi connectivity index (χ3n) is 5.48. The first-order chi connectivity index (χ1) is 15.5. The Hall–Kier alpha value is -3.22. The monoisotopic (exact) mass is 434 g/mol. The Labute approximate surface area is 187 Å². The Morgan fingerprint density at radius 1 is 0.719 bits per heavy atom. The number of ether oxygens (including phenoxy) is 4. The average molecular weight is 434 g/mol. The molecule has 3 unspecified atom stereocenters. The van der Waals surface area contributed by atoms with E-state index in [2.05, 4.69) is 0 Å². The van der Waals surface area contributed by atoms with Crippen LogP contribution in [-0.2, 0) is 28.5 Å². The molecule has 0 radical (unpaired) electrons. The predicted octanol–water partition coefficient (Wildman–Crippen LogP) is 3.65. The summed E-state index contributed by atoms with van der Waals surface area (Å²) in [5, 5.41) is 0. The molecule has 2 aromatic rings. The number of rotatable bonds is 6. The fraction of sp³-hybridized carbons (Fsp3) is 0.308. The van der Waals surface area contributed by atoms with Gasteiger partial charge < -0.3 is 18.9 Å². The fourth-order valence-electron chi connectivity index (χ4n) is 3.69. The van der Waals surface area contributed by atoms with E-state index in [4.69, 9.17) is 18.9 Å². The lowest BCUT2D eigenvalue weighted by atomic mass is 10.1. The minimum Gasteiger partial charge on any atom is -0.454 e. The van der Waals surface area contributed by atoms with E-state index in [0.717, 1.165) is 22.3 Å². The molecule has 2 heterocycles. The summed E-state index contributed by atoms with van der Waals surface area (Å²) >= 11 is 0. The van der Waals surface area contributed by atoms with Crippen LogP contribution in [0, 0.1) is 13.8 Å². The third kappa shape index (κ3) is 5.52. The minimum absolute atomic E-state index is 0.201. The topological polar surface area (TPSA) is 71.1 Å². The molecule has 6 heteroatoms. The van der Waals surface area contributed by atoms with Crippen molar-refractivity contribution in [3.8, 4) is 0 Å². The average Bonchev–Trinajstić information content (AvgIpc) is 3.36. The molecular weight excluding hydrogens is 408 g/mol. The highest BCUT2D eigenvalue weighted by Gasteiger charge is 2.50. The van der Waals surface area contributed by atoms with Crippen LogP contribution in [0.1, 0.15) is 22.3 Å². The van der Waals surface area contributed by atoms with E-state index in [9.17, 15) is 9.59 Å². The normalized spacial score (nSPS) is 24.7. The lowest BCUT2D eigenvalue weighted by Crippen LogP contribution is -2.35. The molecular formula is C26H26O6. The van der Waals surface area contributed by atoms with Crippen LogP contribution in [0.4, 0.5) is 0 Å². The van der Waals surface area contributed by atoms with Crippen molar-refractivity contribution < 1.29 is 28.5 Å². The quantitative estimate of drug-likeness (QED) is 0.511. The molecule has 0 amide bonds. The van der Waals surface area contributed by atoms with Gasteiger partial charge in [-0.2, -0.15) is 0 Å². The Balaban J connectivity index is 1.27. The lowest BCUT2D eigenvalue weighted by molar-refractivity contribution is -0.149. The van der Waals surface area contributed by atoms with Gasteiger partial charge in [-0.3, -0.25) is 0 Å². The fourth-order valence-corrected chi connectivity index (χ4v) is 3.69. The zero-order valence-electron chi connectivity index (χ0n) is 18.1. The van der Waals surface area contributed by atoms with Gasteiger partial charge in [0.25, 0.3) is 0 Å². The van der Waals surface area contributed by atoms with E-state index in [1.54, 1.807) is 12.2 Å². The van der Waals surface area contributed by atoms with Crippen molar-refractivity contribution in [2.24, 2.45) is 0 Å². The highest BCUT2D eigenvalue weighted by molar-refractivity contribution is 5.87. The third-order valence-corrected chi connectivity index (χ3v) is 5.48. The van der Waals surface area contributed by atoms with E-state index >= 15 is 0 Å². The van der Waals surface area contributed by atoms with Crippen LogP contribution in [-0.4, -0.2) is 49.6 Å². The molecule has 2 aliphatic heterocycles. The van der Waals surface area contributed by atoms with Crippen molar-refractivity contribution in [3.63, 3.8) is 0 Å². The summed E-state index contributed by atoms with van der Waals surface area (Å²) < 4.78 is 22.5. The molecule has 2 saturated heterocycles. The summed E-state index contributed by atoms with van der Waals surface area (Å²) in [5.41, 5.74) is 4.13. The van der Waals surface area contributed by atoms with Crippen molar-refractivity contribution in [1.29, 1.82) is 0 Å². The molecule has 0 aliphatic carbocycles. The van der Waals surface area contributed by atoms with Gasteiger partial charge in [0.2, 0.25) is 0 Å². The number of fused-ring (bicyclic) bond motifs is 1. The van der Waals surface area contributed by atoms with Crippen molar-refractivity contribution in [1.82, 2.24) is 0 Å². The van der Waals surface area contributed by atoms with E-state index in [1.807, 2.05) is 62.4 Å². The van der Waals surface area contributed by atoms with Crippen molar-refractivity contribution in [2.45, 2.75) is 38.3 Å². The number of hydrogen-bond acceptors (Lipinski definition) is 6. The second-order valence-corrected chi connectivity index (χ2v) is 8.03. The maximum Gasteiger partial charge on any atom is 0.331 e. The van der Waals surface area contributed by atoms with Crippen LogP contribution >= 0.6 is 0 Å². The molecule has 0 N–H and O–H groups in total. The summed E-state index contributed by atoms with van der Waals surface area (Å²) in [6, 6.07) is 15.6. The highest BCUT2D eigenvalue weighted by Crippen LogP contribution is 2.30. The number of carbonyl (C=O) groups is 2. The number of carbonyl (C=O) groups excluding carboxylic acids is 2. The summed E-state index contributed by atoms with van der Waals surface area (Å²) in [6.07, 6.45) is 4.20. The smallest absolute Gasteiger partial charge is 0.331 e. The zero-order chi connectivity index (χ0) is 22.5. The molecule has 2 aliphatic rings. The highest BCUT2D eigenvalue weighted by atomic mass is 16.7. The Morgan fingerprint density at radius 2 is 1.09 bits per heavy atom. The Kier molecular flexibility index (Phi) is 6.83. The Bertz CT molecular complexity index is 922. The zero-order valence-corrected chi connectivity index (χ0v) is 18.1. The molecule has 0 bridgehead atoms. The van der Waals surface area contributed by atoms with Gasteiger partial charge in [-0.1, -0.05) is 59.7 Å². The maximum absolute atomic E-state index is 12.2. The van der Waals surface area contributed by atoms with Gasteiger partial charge in [0.15, 0.2) is 12.2 Å². The summed E-state index contributed by atoms with van der Waals surface area (Å²) in [5.74, 6) is -0.935. The van der Waals surface area contributed by atoms with Crippen LogP contribution in [0.2, 0.25) is 0 Å². The molecule has 0 aromatic heterocycles. The minimum atomic E-state index is -0.540. The van der Waals surface area contributed by atoms with Crippen LogP contribution in [0.3, 0.4) is 0 Å².